The predicted octanol–water partition coefficient (Wildman–Crippen LogP) is 2.73. The van der Waals surface area contributed by atoms with Gasteiger partial charge >= 0.3 is 6.09 Å². The molecule has 0 N–H and O–H groups in total. The second-order valence-electron chi connectivity index (χ2n) is 6.44. The standard InChI is InChI=1S/C14H28N2O2/c1-14(2,3)16(13(17)18-6)12-9-7-11(8-10-12)15(4)5/h11-12H,7-10H2,1-6H3. The fraction of sp³-hybridized carbons (Fsp3) is 0.929. The number of methoxy groups -OCH3 is 1. The first-order chi connectivity index (χ1) is 8.27. The van der Waals surface area contributed by atoms with E-state index in [0.717, 1.165) is 25.7 Å². The second kappa shape index (κ2) is 5.91. The normalized spacial score (nSPS) is 25.1. The Bertz CT molecular complexity index is 276. The minimum absolute atomic E-state index is 0.178. The van der Waals surface area contributed by atoms with Crippen molar-refractivity contribution in [2.45, 2.75) is 64.1 Å². The molecule has 0 aromatic carbocycles. The summed E-state index contributed by atoms with van der Waals surface area (Å²) in [6.45, 7) is 6.21. The number of nitrogens with zero attached hydrogens (tertiary/aromatic N) is 2. The highest BCUT2D eigenvalue weighted by Crippen LogP contribution is 2.30. The van der Waals surface area contributed by atoms with Crippen LogP contribution in [0.1, 0.15) is 46.5 Å². The summed E-state index contributed by atoms with van der Waals surface area (Å²) in [6, 6.07) is 0.967. The van der Waals surface area contributed by atoms with Crippen molar-refractivity contribution in [1.29, 1.82) is 0 Å². The van der Waals surface area contributed by atoms with Crippen LogP contribution in [0, 0.1) is 0 Å². The summed E-state index contributed by atoms with van der Waals surface area (Å²) in [5.41, 5.74) is -0.178. The van der Waals surface area contributed by atoms with Crippen molar-refractivity contribution < 1.29 is 9.53 Å². The molecule has 0 bridgehead atoms. The Labute approximate surface area is 111 Å². The molecule has 18 heavy (non-hydrogen) atoms. The van der Waals surface area contributed by atoms with Crippen LogP contribution in [0.4, 0.5) is 4.79 Å². The largest absolute Gasteiger partial charge is 0.453 e. The van der Waals surface area contributed by atoms with Crippen LogP contribution in [0.15, 0.2) is 0 Å². The van der Waals surface area contributed by atoms with Crippen LogP contribution in [0.5, 0.6) is 0 Å². The minimum atomic E-state index is -0.198. The first-order valence-corrected chi connectivity index (χ1v) is 6.81. The van der Waals surface area contributed by atoms with Gasteiger partial charge in [-0.25, -0.2) is 4.79 Å². The van der Waals surface area contributed by atoms with Gasteiger partial charge in [-0.1, -0.05) is 0 Å². The van der Waals surface area contributed by atoms with Crippen molar-refractivity contribution >= 4 is 6.09 Å². The van der Waals surface area contributed by atoms with Crippen LogP contribution in [0.2, 0.25) is 0 Å². The van der Waals surface area contributed by atoms with Gasteiger partial charge in [0, 0.05) is 17.6 Å². The zero-order valence-electron chi connectivity index (χ0n) is 12.7. The van der Waals surface area contributed by atoms with Gasteiger partial charge in [0.2, 0.25) is 0 Å². The zero-order valence-corrected chi connectivity index (χ0v) is 12.7. The van der Waals surface area contributed by atoms with E-state index in [1.165, 1.54) is 7.11 Å². The Morgan fingerprint density at radius 2 is 1.50 bits per heavy atom. The highest BCUT2D eigenvalue weighted by Gasteiger charge is 2.36. The Morgan fingerprint density at radius 3 is 1.83 bits per heavy atom. The van der Waals surface area contributed by atoms with E-state index in [-0.39, 0.29) is 11.6 Å². The lowest BCUT2D eigenvalue weighted by Crippen LogP contribution is -2.53. The highest BCUT2D eigenvalue weighted by atomic mass is 16.5. The monoisotopic (exact) mass is 256 g/mol. The predicted molar refractivity (Wildman–Crippen MR) is 73.7 cm³/mol. The maximum Gasteiger partial charge on any atom is 0.410 e. The minimum Gasteiger partial charge on any atom is -0.453 e. The highest BCUT2D eigenvalue weighted by molar-refractivity contribution is 5.68. The average Bonchev–Trinajstić information content (AvgIpc) is 2.27. The molecule has 1 aliphatic rings. The summed E-state index contributed by atoms with van der Waals surface area (Å²) in [4.78, 5) is 16.2. The van der Waals surface area contributed by atoms with Crippen LogP contribution >= 0.6 is 0 Å². The van der Waals surface area contributed by atoms with Gasteiger partial charge in [-0.2, -0.15) is 0 Å². The van der Waals surface area contributed by atoms with Gasteiger partial charge in [-0.05, 0) is 60.5 Å². The number of carbonyl (C=O) groups is 1. The van der Waals surface area contributed by atoms with E-state index in [4.69, 9.17) is 4.74 Å². The molecule has 0 radical (unpaired) electrons. The fourth-order valence-electron chi connectivity index (χ4n) is 2.90. The molecule has 1 amide bonds. The van der Waals surface area contributed by atoms with E-state index in [1.54, 1.807) is 0 Å². The average molecular weight is 256 g/mol. The lowest BCUT2D eigenvalue weighted by Gasteiger charge is -2.44. The summed E-state index contributed by atoms with van der Waals surface area (Å²) < 4.78 is 4.94. The van der Waals surface area contributed by atoms with Gasteiger partial charge in [0.1, 0.15) is 0 Å². The van der Waals surface area contributed by atoms with Gasteiger partial charge in [0.25, 0.3) is 0 Å². The molecule has 0 heterocycles. The Morgan fingerprint density at radius 1 is 1.06 bits per heavy atom. The number of amides is 1. The molecule has 106 valence electrons. The second-order valence-corrected chi connectivity index (χ2v) is 6.44. The van der Waals surface area contributed by atoms with E-state index < -0.39 is 0 Å². The Hall–Kier alpha value is -0.770. The van der Waals surface area contributed by atoms with Crippen molar-refractivity contribution in [3.8, 4) is 0 Å². The summed E-state index contributed by atoms with van der Waals surface area (Å²) in [7, 11) is 5.73. The molecule has 1 aliphatic carbocycles. The summed E-state index contributed by atoms with van der Waals surface area (Å²) in [5, 5.41) is 0. The van der Waals surface area contributed by atoms with Crippen LogP contribution in [-0.4, -0.2) is 54.7 Å². The van der Waals surface area contributed by atoms with E-state index in [0.29, 0.717) is 12.1 Å². The van der Waals surface area contributed by atoms with E-state index >= 15 is 0 Å². The molecule has 0 unspecified atom stereocenters. The topological polar surface area (TPSA) is 32.8 Å². The molecule has 4 heteroatoms. The van der Waals surface area contributed by atoms with Gasteiger partial charge in [-0.3, -0.25) is 0 Å². The quantitative estimate of drug-likeness (QED) is 0.761. The third kappa shape index (κ3) is 3.61. The van der Waals surface area contributed by atoms with Crippen LogP contribution < -0.4 is 0 Å². The summed E-state index contributed by atoms with van der Waals surface area (Å²) in [5.74, 6) is 0. The molecular formula is C14H28N2O2. The maximum absolute atomic E-state index is 12.0. The summed E-state index contributed by atoms with van der Waals surface area (Å²) >= 11 is 0. The maximum atomic E-state index is 12.0. The smallest absolute Gasteiger partial charge is 0.410 e. The fourth-order valence-corrected chi connectivity index (χ4v) is 2.90. The van der Waals surface area contributed by atoms with Crippen LogP contribution in [0.25, 0.3) is 0 Å². The van der Waals surface area contributed by atoms with Crippen molar-refractivity contribution in [3.63, 3.8) is 0 Å². The van der Waals surface area contributed by atoms with E-state index in [1.807, 2.05) is 4.90 Å². The van der Waals surface area contributed by atoms with Crippen molar-refractivity contribution in [1.82, 2.24) is 9.80 Å². The van der Waals surface area contributed by atoms with E-state index in [9.17, 15) is 4.79 Å². The third-order valence-corrected chi connectivity index (χ3v) is 3.86. The molecule has 1 saturated carbocycles. The van der Waals surface area contributed by atoms with Crippen molar-refractivity contribution in [3.05, 3.63) is 0 Å². The number of hydrogen-bond donors (Lipinski definition) is 0. The lowest BCUT2D eigenvalue weighted by atomic mass is 9.87. The lowest BCUT2D eigenvalue weighted by molar-refractivity contribution is 0.0362. The molecular weight excluding hydrogens is 228 g/mol. The number of carbonyl (C=O) groups excluding carboxylic acids is 1. The molecule has 0 atom stereocenters. The van der Waals surface area contributed by atoms with Gasteiger partial charge in [-0.15, -0.1) is 0 Å². The van der Waals surface area contributed by atoms with Gasteiger partial charge < -0.3 is 14.5 Å². The molecule has 0 aliphatic heterocycles. The first-order valence-electron chi connectivity index (χ1n) is 6.81. The molecule has 0 spiro atoms. The number of rotatable bonds is 2. The molecule has 0 saturated heterocycles. The van der Waals surface area contributed by atoms with Crippen LogP contribution in [0.3, 0.4) is 0 Å². The van der Waals surface area contributed by atoms with Gasteiger partial charge in [0.05, 0.1) is 7.11 Å². The Balaban J connectivity index is 2.70. The summed E-state index contributed by atoms with van der Waals surface area (Å²) in [6.07, 6.45) is 4.24. The Kier molecular flexibility index (Phi) is 5.02. The molecule has 1 fully saturated rings. The number of ether oxygens (including phenoxy) is 1. The van der Waals surface area contributed by atoms with Crippen molar-refractivity contribution in [2.24, 2.45) is 0 Å². The molecule has 1 rings (SSSR count). The van der Waals surface area contributed by atoms with Crippen molar-refractivity contribution in [2.75, 3.05) is 21.2 Å². The first kappa shape index (κ1) is 15.3. The molecule has 0 aromatic rings. The number of hydrogen-bond acceptors (Lipinski definition) is 3. The SMILES string of the molecule is COC(=O)N(C1CCC(N(C)C)CC1)C(C)(C)C. The molecule has 0 aromatic heterocycles. The zero-order chi connectivity index (χ0) is 13.9. The third-order valence-electron chi connectivity index (χ3n) is 3.86. The van der Waals surface area contributed by atoms with E-state index in [2.05, 4.69) is 39.8 Å². The van der Waals surface area contributed by atoms with Crippen LogP contribution in [-0.2, 0) is 4.74 Å². The molecule has 4 nitrogen and oxygen atoms in total. The van der Waals surface area contributed by atoms with Gasteiger partial charge in [0.15, 0.2) is 0 Å².